The third-order valence-corrected chi connectivity index (χ3v) is 3.80. The van der Waals surface area contributed by atoms with Crippen molar-refractivity contribution in [3.05, 3.63) is 59.2 Å². The van der Waals surface area contributed by atoms with Crippen LogP contribution in [0.2, 0.25) is 0 Å². The summed E-state index contributed by atoms with van der Waals surface area (Å²) >= 11 is 0. The van der Waals surface area contributed by atoms with Crippen LogP contribution in [0.25, 0.3) is 0 Å². The van der Waals surface area contributed by atoms with E-state index in [1.807, 2.05) is 0 Å². The van der Waals surface area contributed by atoms with E-state index >= 15 is 0 Å². The van der Waals surface area contributed by atoms with Gasteiger partial charge in [0.1, 0.15) is 0 Å². The van der Waals surface area contributed by atoms with Crippen molar-refractivity contribution >= 4 is 11.8 Å². The molecule has 0 saturated heterocycles. The first-order valence-corrected chi connectivity index (χ1v) is 6.78. The van der Waals surface area contributed by atoms with Crippen molar-refractivity contribution in [1.29, 1.82) is 0 Å². The monoisotopic (exact) mass is 324 g/mol. The van der Waals surface area contributed by atoms with Crippen molar-refractivity contribution in [3.63, 3.8) is 0 Å². The molecule has 0 heterocycles. The molecule has 2 amide bonds. The van der Waals surface area contributed by atoms with Gasteiger partial charge in [0.25, 0.3) is 0 Å². The first kappa shape index (κ1) is 16.8. The summed E-state index contributed by atoms with van der Waals surface area (Å²) in [6.07, 6.45) is -0.117. The molecular formula is C16H15F3N2O2. The fraction of sp³-hybridized carbons (Fsp3) is 0.250. The van der Waals surface area contributed by atoms with Gasteiger partial charge in [0.15, 0.2) is 0 Å². The second kappa shape index (κ2) is 5.91. The van der Waals surface area contributed by atoms with Crippen molar-refractivity contribution in [3.8, 4) is 0 Å². The van der Waals surface area contributed by atoms with E-state index in [0.29, 0.717) is 5.56 Å². The van der Waals surface area contributed by atoms with E-state index in [0.717, 1.165) is 12.1 Å². The van der Waals surface area contributed by atoms with E-state index in [9.17, 15) is 22.8 Å². The zero-order chi connectivity index (χ0) is 17.3. The van der Waals surface area contributed by atoms with Gasteiger partial charge < -0.3 is 11.5 Å². The van der Waals surface area contributed by atoms with E-state index < -0.39 is 29.0 Å². The van der Waals surface area contributed by atoms with Gasteiger partial charge in [-0.15, -0.1) is 0 Å². The maximum absolute atomic E-state index is 12.8. The zero-order valence-electron chi connectivity index (χ0n) is 12.1. The Morgan fingerprint density at radius 2 is 1.91 bits per heavy atom. The molecule has 0 fully saturated rings. The van der Waals surface area contributed by atoms with Crippen LogP contribution in [-0.4, -0.2) is 11.8 Å². The molecule has 1 aliphatic carbocycles. The topological polar surface area (TPSA) is 86.2 Å². The highest BCUT2D eigenvalue weighted by Gasteiger charge is 2.38. The van der Waals surface area contributed by atoms with Crippen LogP contribution in [0.15, 0.2) is 48.1 Å². The van der Waals surface area contributed by atoms with Crippen LogP contribution in [0, 0.1) is 5.41 Å². The number of alkyl halides is 3. The second-order valence-corrected chi connectivity index (χ2v) is 5.49. The van der Waals surface area contributed by atoms with E-state index in [2.05, 4.69) is 0 Å². The van der Waals surface area contributed by atoms with Gasteiger partial charge in [0.05, 0.1) is 11.0 Å². The summed E-state index contributed by atoms with van der Waals surface area (Å²) in [4.78, 5) is 23.2. The van der Waals surface area contributed by atoms with Crippen LogP contribution < -0.4 is 11.5 Å². The number of carbonyl (C=O) groups is 2. The van der Waals surface area contributed by atoms with Gasteiger partial charge in [-0.05, 0) is 24.5 Å². The largest absolute Gasteiger partial charge is 0.416 e. The van der Waals surface area contributed by atoms with E-state index in [4.69, 9.17) is 11.5 Å². The summed E-state index contributed by atoms with van der Waals surface area (Å²) in [7, 11) is 0. The Morgan fingerprint density at radius 1 is 1.22 bits per heavy atom. The Bertz CT molecular complexity index is 708. The number of nitrogens with two attached hydrogens (primary N) is 2. The minimum absolute atomic E-state index is 0.0373. The van der Waals surface area contributed by atoms with Crippen LogP contribution >= 0.6 is 0 Å². The number of halogens is 3. The van der Waals surface area contributed by atoms with Crippen molar-refractivity contribution < 1.29 is 22.8 Å². The summed E-state index contributed by atoms with van der Waals surface area (Å²) in [5.41, 5.74) is 9.09. The quantitative estimate of drug-likeness (QED) is 0.888. The van der Waals surface area contributed by atoms with E-state index in [1.165, 1.54) is 30.4 Å². The van der Waals surface area contributed by atoms with Crippen LogP contribution in [0.1, 0.15) is 17.5 Å². The molecule has 2 rings (SSSR count). The fourth-order valence-corrected chi connectivity index (χ4v) is 2.58. The maximum Gasteiger partial charge on any atom is 0.416 e. The van der Waals surface area contributed by atoms with Crippen LogP contribution in [0.5, 0.6) is 0 Å². The number of hydrogen-bond donors (Lipinski definition) is 2. The first-order chi connectivity index (χ1) is 10.6. The predicted molar refractivity (Wildman–Crippen MR) is 77.8 cm³/mol. The standard InChI is InChI=1S/C16H15F3N2O2/c17-16(18,19)12-5-1-3-10(7-12)8-15(14(21)23)6-2-4-11(9-15)13(20)22/h1-7H,8-9H2,(H2,20,22)(H2,21,23). The Labute approximate surface area is 130 Å². The molecule has 0 aliphatic heterocycles. The minimum Gasteiger partial charge on any atom is -0.369 e. The number of rotatable bonds is 4. The fourth-order valence-electron chi connectivity index (χ4n) is 2.58. The predicted octanol–water partition coefficient (Wildman–Crippen LogP) is 2.09. The summed E-state index contributed by atoms with van der Waals surface area (Å²) in [5.74, 6) is -1.41. The molecule has 1 aliphatic rings. The number of benzene rings is 1. The third-order valence-electron chi connectivity index (χ3n) is 3.80. The van der Waals surface area contributed by atoms with Crippen molar-refractivity contribution in [1.82, 2.24) is 0 Å². The van der Waals surface area contributed by atoms with E-state index in [-0.39, 0.29) is 18.4 Å². The Kier molecular flexibility index (Phi) is 4.31. The van der Waals surface area contributed by atoms with Gasteiger partial charge >= 0.3 is 6.18 Å². The van der Waals surface area contributed by atoms with Gasteiger partial charge in [0, 0.05) is 5.57 Å². The SMILES string of the molecule is NC(=O)C1=CC=CC(Cc2cccc(C(F)(F)F)c2)(C(N)=O)C1. The Hall–Kier alpha value is -2.57. The van der Waals surface area contributed by atoms with Crippen molar-refractivity contribution in [2.24, 2.45) is 16.9 Å². The lowest BCUT2D eigenvalue weighted by Gasteiger charge is -2.30. The van der Waals surface area contributed by atoms with Crippen molar-refractivity contribution in [2.75, 3.05) is 0 Å². The highest BCUT2D eigenvalue weighted by atomic mass is 19.4. The van der Waals surface area contributed by atoms with Gasteiger partial charge in [-0.2, -0.15) is 13.2 Å². The molecule has 0 spiro atoms. The molecule has 1 aromatic carbocycles. The highest BCUT2D eigenvalue weighted by Crippen LogP contribution is 2.36. The first-order valence-electron chi connectivity index (χ1n) is 6.78. The molecule has 0 saturated carbocycles. The molecule has 1 unspecified atom stereocenters. The number of primary amides is 2. The Balaban J connectivity index is 2.36. The molecule has 0 bridgehead atoms. The average molecular weight is 324 g/mol. The van der Waals surface area contributed by atoms with Crippen LogP contribution in [-0.2, 0) is 22.2 Å². The number of amides is 2. The average Bonchev–Trinajstić information content (AvgIpc) is 2.46. The Morgan fingerprint density at radius 3 is 2.48 bits per heavy atom. The lowest BCUT2D eigenvalue weighted by Crippen LogP contribution is -2.40. The summed E-state index contributed by atoms with van der Waals surface area (Å²) in [6, 6.07) is 4.67. The lowest BCUT2D eigenvalue weighted by atomic mass is 9.73. The molecule has 0 radical (unpaired) electrons. The smallest absolute Gasteiger partial charge is 0.369 e. The zero-order valence-corrected chi connectivity index (χ0v) is 12.1. The summed E-state index contributed by atoms with van der Waals surface area (Å²) in [5, 5.41) is 0. The molecule has 1 aromatic rings. The maximum atomic E-state index is 12.8. The van der Waals surface area contributed by atoms with Crippen LogP contribution in [0.4, 0.5) is 13.2 Å². The minimum atomic E-state index is -4.48. The number of allylic oxidation sites excluding steroid dienone is 2. The molecule has 7 heteroatoms. The van der Waals surface area contributed by atoms with Gasteiger partial charge in [0.2, 0.25) is 11.8 Å². The van der Waals surface area contributed by atoms with Gasteiger partial charge in [-0.1, -0.05) is 36.4 Å². The highest BCUT2D eigenvalue weighted by molar-refractivity contribution is 5.95. The van der Waals surface area contributed by atoms with Gasteiger partial charge in [-0.3, -0.25) is 9.59 Å². The molecule has 23 heavy (non-hydrogen) atoms. The number of carbonyl (C=O) groups excluding carboxylic acids is 2. The molecular weight excluding hydrogens is 309 g/mol. The summed E-state index contributed by atoms with van der Waals surface area (Å²) in [6.45, 7) is 0. The normalized spacial score (nSPS) is 20.9. The van der Waals surface area contributed by atoms with Gasteiger partial charge in [-0.25, -0.2) is 0 Å². The van der Waals surface area contributed by atoms with Crippen molar-refractivity contribution in [2.45, 2.75) is 19.0 Å². The van der Waals surface area contributed by atoms with E-state index in [1.54, 1.807) is 0 Å². The second-order valence-electron chi connectivity index (χ2n) is 5.49. The molecule has 122 valence electrons. The molecule has 4 N–H and O–H groups in total. The summed E-state index contributed by atoms with van der Waals surface area (Å²) < 4.78 is 38.4. The third kappa shape index (κ3) is 3.61. The molecule has 0 aromatic heterocycles. The molecule has 4 nitrogen and oxygen atoms in total. The lowest BCUT2D eigenvalue weighted by molar-refractivity contribution is -0.137. The molecule has 1 atom stereocenters. The number of hydrogen-bond acceptors (Lipinski definition) is 2. The van der Waals surface area contributed by atoms with Crippen LogP contribution in [0.3, 0.4) is 0 Å².